The molecular weight excluding hydrogens is 369 g/mol. The first-order valence-electron chi connectivity index (χ1n) is 7.72. The number of anilines is 1. The molecule has 138 valence electrons. The smallest absolute Gasteiger partial charge is 0.343 e. The topological polar surface area (TPSA) is 58.2 Å². The van der Waals surface area contributed by atoms with E-state index in [2.05, 4.69) is 5.32 Å². The maximum absolute atomic E-state index is 12.1. The third-order valence-electron chi connectivity index (χ3n) is 3.43. The van der Waals surface area contributed by atoms with Gasteiger partial charge in [-0.1, -0.05) is 23.7 Å². The Hall–Kier alpha value is -2.54. The lowest BCUT2D eigenvalue weighted by molar-refractivity contribution is -0.123. The molecule has 8 heteroatoms. The molecule has 0 aliphatic carbocycles. The van der Waals surface area contributed by atoms with Crippen molar-refractivity contribution in [1.82, 2.24) is 5.32 Å². The molecule has 0 saturated carbocycles. The summed E-state index contributed by atoms with van der Waals surface area (Å²) < 4.78 is 36.3. The first kappa shape index (κ1) is 19.8. The SMILES string of the molecule is O=C(CCc1ccc(Cl)cc1)Nc1ccc(C(=O)NCC(F)(F)F)cc1. The molecule has 0 aromatic heterocycles. The van der Waals surface area contributed by atoms with Gasteiger partial charge in [0.25, 0.3) is 5.91 Å². The van der Waals surface area contributed by atoms with E-state index in [0.717, 1.165) is 5.56 Å². The molecule has 2 aromatic carbocycles. The van der Waals surface area contributed by atoms with Crippen molar-refractivity contribution in [3.8, 4) is 0 Å². The van der Waals surface area contributed by atoms with Crippen LogP contribution in [0.15, 0.2) is 48.5 Å². The second kappa shape index (κ2) is 8.71. The quantitative estimate of drug-likeness (QED) is 0.784. The number of amides is 2. The van der Waals surface area contributed by atoms with Crippen LogP contribution in [0.2, 0.25) is 5.02 Å². The fraction of sp³-hybridized carbons (Fsp3) is 0.222. The average molecular weight is 385 g/mol. The van der Waals surface area contributed by atoms with Crippen molar-refractivity contribution in [3.05, 3.63) is 64.7 Å². The Morgan fingerprint density at radius 2 is 1.58 bits per heavy atom. The molecule has 0 aliphatic heterocycles. The number of aryl methyl sites for hydroxylation is 1. The van der Waals surface area contributed by atoms with Crippen LogP contribution < -0.4 is 10.6 Å². The van der Waals surface area contributed by atoms with Gasteiger partial charge in [-0.25, -0.2) is 0 Å². The van der Waals surface area contributed by atoms with E-state index in [1.807, 2.05) is 12.1 Å². The maximum atomic E-state index is 12.1. The van der Waals surface area contributed by atoms with Crippen molar-refractivity contribution in [1.29, 1.82) is 0 Å². The number of carbonyl (C=O) groups excluding carboxylic acids is 2. The molecule has 0 atom stereocenters. The number of nitrogens with one attached hydrogen (secondary N) is 2. The Bertz CT molecular complexity index is 760. The minimum Gasteiger partial charge on any atom is -0.343 e. The number of alkyl halides is 3. The van der Waals surface area contributed by atoms with Gasteiger partial charge in [0.2, 0.25) is 5.91 Å². The largest absolute Gasteiger partial charge is 0.405 e. The lowest BCUT2D eigenvalue weighted by Gasteiger charge is -2.09. The van der Waals surface area contributed by atoms with E-state index >= 15 is 0 Å². The molecule has 2 aromatic rings. The monoisotopic (exact) mass is 384 g/mol. The Morgan fingerprint density at radius 3 is 2.15 bits per heavy atom. The molecule has 0 saturated heterocycles. The van der Waals surface area contributed by atoms with E-state index in [1.54, 1.807) is 17.4 Å². The second-order valence-corrected chi connectivity index (χ2v) is 5.99. The summed E-state index contributed by atoms with van der Waals surface area (Å²) in [6.45, 7) is -1.39. The van der Waals surface area contributed by atoms with Gasteiger partial charge in [0, 0.05) is 22.7 Å². The van der Waals surface area contributed by atoms with E-state index in [9.17, 15) is 22.8 Å². The molecular formula is C18H16ClF3N2O2. The predicted octanol–water partition coefficient (Wildman–Crippen LogP) is 4.20. The van der Waals surface area contributed by atoms with Gasteiger partial charge in [-0.05, 0) is 48.4 Å². The van der Waals surface area contributed by atoms with Crippen molar-refractivity contribution in [2.45, 2.75) is 19.0 Å². The summed E-state index contributed by atoms with van der Waals surface area (Å²) in [5.74, 6) is -1.04. The average Bonchev–Trinajstić information content (AvgIpc) is 2.59. The van der Waals surface area contributed by atoms with Crippen molar-refractivity contribution < 1.29 is 22.8 Å². The molecule has 0 fully saturated rings. The van der Waals surface area contributed by atoms with Crippen LogP contribution in [-0.4, -0.2) is 24.5 Å². The number of benzene rings is 2. The van der Waals surface area contributed by atoms with Crippen LogP contribution in [0.25, 0.3) is 0 Å². The van der Waals surface area contributed by atoms with Gasteiger partial charge in [0.1, 0.15) is 6.54 Å². The first-order chi connectivity index (χ1) is 12.2. The third kappa shape index (κ3) is 6.76. The van der Waals surface area contributed by atoms with Gasteiger partial charge in [0.05, 0.1) is 0 Å². The molecule has 2 rings (SSSR count). The number of halogens is 4. The van der Waals surface area contributed by atoms with Crippen molar-refractivity contribution in [2.24, 2.45) is 0 Å². The number of rotatable bonds is 6. The van der Waals surface area contributed by atoms with Gasteiger partial charge >= 0.3 is 6.18 Å². The minimum absolute atomic E-state index is 0.0772. The zero-order valence-electron chi connectivity index (χ0n) is 13.6. The first-order valence-corrected chi connectivity index (χ1v) is 8.10. The Balaban J connectivity index is 1.83. The summed E-state index contributed by atoms with van der Waals surface area (Å²) in [6.07, 6.45) is -3.66. The standard InChI is InChI=1S/C18H16ClF3N2O2/c19-14-6-1-12(2-7-14)3-10-16(25)24-15-8-4-13(5-9-15)17(26)23-11-18(20,21)22/h1-2,4-9H,3,10-11H2,(H,23,26)(H,24,25). The minimum atomic E-state index is -4.46. The van der Waals surface area contributed by atoms with Gasteiger partial charge in [-0.15, -0.1) is 0 Å². The zero-order valence-corrected chi connectivity index (χ0v) is 14.3. The van der Waals surface area contributed by atoms with E-state index in [0.29, 0.717) is 17.1 Å². The molecule has 4 nitrogen and oxygen atoms in total. The Labute approximate surface area is 153 Å². The maximum Gasteiger partial charge on any atom is 0.405 e. The molecule has 0 heterocycles. The van der Waals surface area contributed by atoms with Crippen LogP contribution in [0.3, 0.4) is 0 Å². The fourth-order valence-corrected chi connectivity index (χ4v) is 2.25. The van der Waals surface area contributed by atoms with Gasteiger partial charge < -0.3 is 10.6 Å². The predicted molar refractivity (Wildman–Crippen MR) is 93.2 cm³/mol. The van der Waals surface area contributed by atoms with Crippen molar-refractivity contribution in [3.63, 3.8) is 0 Å². The van der Waals surface area contributed by atoms with Crippen LogP contribution in [-0.2, 0) is 11.2 Å². The van der Waals surface area contributed by atoms with E-state index in [-0.39, 0.29) is 17.9 Å². The summed E-state index contributed by atoms with van der Waals surface area (Å²) in [4.78, 5) is 23.5. The van der Waals surface area contributed by atoms with Crippen LogP contribution >= 0.6 is 11.6 Å². The van der Waals surface area contributed by atoms with Gasteiger partial charge in [-0.3, -0.25) is 9.59 Å². The molecule has 0 aliphatic rings. The lowest BCUT2D eigenvalue weighted by Crippen LogP contribution is -2.33. The highest BCUT2D eigenvalue weighted by molar-refractivity contribution is 6.30. The molecule has 0 bridgehead atoms. The molecule has 0 radical (unpaired) electrons. The molecule has 0 spiro atoms. The normalized spacial score (nSPS) is 11.1. The van der Waals surface area contributed by atoms with Crippen molar-refractivity contribution >= 4 is 29.1 Å². The fourth-order valence-electron chi connectivity index (χ4n) is 2.12. The van der Waals surface area contributed by atoms with Crippen LogP contribution in [0, 0.1) is 0 Å². The second-order valence-electron chi connectivity index (χ2n) is 5.55. The highest BCUT2D eigenvalue weighted by Gasteiger charge is 2.27. The Kier molecular flexibility index (Phi) is 6.63. The summed E-state index contributed by atoms with van der Waals surface area (Å²) in [6, 6.07) is 12.8. The third-order valence-corrected chi connectivity index (χ3v) is 3.69. The molecule has 2 N–H and O–H groups in total. The van der Waals surface area contributed by atoms with Gasteiger partial charge in [0.15, 0.2) is 0 Å². The molecule has 26 heavy (non-hydrogen) atoms. The molecule has 2 amide bonds. The zero-order chi connectivity index (χ0) is 19.2. The van der Waals surface area contributed by atoms with E-state index in [4.69, 9.17) is 11.6 Å². The lowest BCUT2D eigenvalue weighted by atomic mass is 10.1. The van der Waals surface area contributed by atoms with E-state index in [1.165, 1.54) is 24.3 Å². The molecule has 0 unspecified atom stereocenters. The number of hydrogen-bond acceptors (Lipinski definition) is 2. The van der Waals surface area contributed by atoms with Crippen LogP contribution in [0.5, 0.6) is 0 Å². The Morgan fingerprint density at radius 1 is 0.962 bits per heavy atom. The van der Waals surface area contributed by atoms with Crippen molar-refractivity contribution in [2.75, 3.05) is 11.9 Å². The summed E-state index contributed by atoms with van der Waals surface area (Å²) >= 11 is 5.80. The highest BCUT2D eigenvalue weighted by Crippen LogP contribution is 2.15. The summed E-state index contributed by atoms with van der Waals surface area (Å²) in [5, 5.41) is 5.07. The summed E-state index contributed by atoms with van der Waals surface area (Å²) in [7, 11) is 0. The summed E-state index contributed by atoms with van der Waals surface area (Å²) in [5.41, 5.74) is 1.51. The number of hydrogen-bond donors (Lipinski definition) is 2. The van der Waals surface area contributed by atoms with Crippen LogP contribution in [0.1, 0.15) is 22.3 Å². The van der Waals surface area contributed by atoms with Gasteiger partial charge in [-0.2, -0.15) is 13.2 Å². The highest BCUT2D eigenvalue weighted by atomic mass is 35.5. The number of carbonyl (C=O) groups is 2. The van der Waals surface area contributed by atoms with E-state index < -0.39 is 18.6 Å². The van der Waals surface area contributed by atoms with Crippen LogP contribution in [0.4, 0.5) is 18.9 Å².